The number of hydrogen-bond acceptors (Lipinski definition) is 2. The molecule has 78 valence electrons. The van der Waals surface area contributed by atoms with E-state index in [9.17, 15) is 4.39 Å². The van der Waals surface area contributed by atoms with Crippen molar-refractivity contribution in [1.82, 2.24) is 0 Å². The molecule has 0 saturated heterocycles. The predicted molar refractivity (Wildman–Crippen MR) is 51.3 cm³/mol. The second-order valence-electron chi connectivity index (χ2n) is 3.80. The van der Waals surface area contributed by atoms with E-state index in [1.54, 1.807) is 0 Å². The van der Waals surface area contributed by atoms with Gasteiger partial charge in [0.25, 0.3) is 0 Å². The molecule has 0 aromatic carbocycles. The van der Waals surface area contributed by atoms with E-state index in [0.717, 1.165) is 5.57 Å². The Morgan fingerprint density at radius 2 is 2.08 bits per heavy atom. The van der Waals surface area contributed by atoms with Gasteiger partial charge < -0.3 is 10.2 Å². The van der Waals surface area contributed by atoms with Gasteiger partial charge in [-0.15, -0.1) is 0 Å². The topological polar surface area (TPSA) is 40.5 Å². The quantitative estimate of drug-likeness (QED) is 0.649. The van der Waals surface area contributed by atoms with Gasteiger partial charge in [-0.1, -0.05) is 11.6 Å². The first-order valence-corrected chi connectivity index (χ1v) is 4.51. The van der Waals surface area contributed by atoms with Crippen LogP contribution in [0.2, 0.25) is 0 Å². The molecule has 0 aliphatic rings. The number of halogens is 1. The van der Waals surface area contributed by atoms with Gasteiger partial charge in [0.15, 0.2) is 0 Å². The van der Waals surface area contributed by atoms with Crippen LogP contribution < -0.4 is 0 Å². The molecule has 0 fully saturated rings. The molecule has 0 aromatic heterocycles. The van der Waals surface area contributed by atoms with E-state index < -0.39 is 18.4 Å². The molecule has 0 amide bonds. The van der Waals surface area contributed by atoms with Gasteiger partial charge in [-0.2, -0.15) is 0 Å². The molecule has 0 spiro atoms. The van der Waals surface area contributed by atoms with Crippen LogP contribution in [0.25, 0.3) is 0 Å². The first kappa shape index (κ1) is 12.6. The summed E-state index contributed by atoms with van der Waals surface area (Å²) in [6, 6.07) is 0. The lowest BCUT2D eigenvalue weighted by molar-refractivity contribution is -0.0333. The van der Waals surface area contributed by atoms with Gasteiger partial charge in [0.2, 0.25) is 0 Å². The molecule has 0 aliphatic carbocycles. The summed E-state index contributed by atoms with van der Waals surface area (Å²) in [6.45, 7) is 4.67. The van der Waals surface area contributed by atoms with Gasteiger partial charge in [-0.25, -0.2) is 4.39 Å². The van der Waals surface area contributed by atoms with Crippen LogP contribution in [0.3, 0.4) is 0 Å². The summed E-state index contributed by atoms with van der Waals surface area (Å²) in [6.07, 6.45) is 1.46. The van der Waals surface area contributed by atoms with Crippen molar-refractivity contribution in [3.05, 3.63) is 11.6 Å². The van der Waals surface area contributed by atoms with Crippen molar-refractivity contribution >= 4 is 0 Å². The van der Waals surface area contributed by atoms with E-state index in [-0.39, 0.29) is 6.42 Å². The largest absolute Gasteiger partial charge is 0.394 e. The molecule has 0 rings (SSSR count). The Labute approximate surface area is 79.1 Å². The zero-order valence-electron chi connectivity index (χ0n) is 8.55. The standard InChI is InChI=1S/C10H19FO2/c1-8(2)5-4-6-10(3,11)9(13)7-12/h5,9,12-13H,4,6-7H2,1-3H3/t9-,10+/m1/s1. The fourth-order valence-corrected chi connectivity index (χ4v) is 1.00. The number of aliphatic hydroxyl groups excluding tert-OH is 2. The Bertz CT molecular complexity index is 172. The lowest BCUT2D eigenvalue weighted by atomic mass is 9.95. The maximum atomic E-state index is 13.5. The van der Waals surface area contributed by atoms with E-state index in [4.69, 9.17) is 10.2 Å². The molecule has 0 bridgehead atoms. The smallest absolute Gasteiger partial charge is 0.136 e. The maximum Gasteiger partial charge on any atom is 0.136 e. The molecule has 0 saturated carbocycles. The van der Waals surface area contributed by atoms with Crippen molar-refractivity contribution in [3.8, 4) is 0 Å². The van der Waals surface area contributed by atoms with Crippen LogP contribution in [0, 0.1) is 0 Å². The maximum absolute atomic E-state index is 13.5. The lowest BCUT2D eigenvalue weighted by Gasteiger charge is -2.24. The average molecular weight is 190 g/mol. The summed E-state index contributed by atoms with van der Waals surface area (Å²) in [5.74, 6) is 0. The molecule has 2 nitrogen and oxygen atoms in total. The molecule has 0 unspecified atom stereocenters. The van der Waals surface area contributed by atoms with Crippen LogP contribution in [-0.2, 0) is 0 Å². The highest BCUT2D eigenvalue weighted by Gasteiger charge is 2.31. The minimum absolute atomic E-state index is 0.236. The van der Waals surface area contributed by atoms with E-state index >= 15 is 0 Å². The van der Waals surface area contributed by atoms with E-state index in [1.165, 1.54) is 6.92 Å². The van der Waals surface area contributed by atoms with Crippen LogP contribution >= 0.6 is 0 Å². The lowest BCUT2D eigenvalue weighted by Crippen LogP contribution is -2.37. The molecular weight excluding hydrogens is 171 g/mol. The Morgan fingerprint density at radius 3 is 2.46 bits per heavy atom. The second-order valence-corrected chi connectivity index (χ2v) is 3.80. The SMILES string of the molecule is CC(C)=CCC[C@](C)(F)[C@H](O)CO. The highest BCUT2D eigenvalue weighted by Crippen LogP contribution is 2.22. The van der Waals surface area contributed by atoms with Crippen molar-refractivity contribution in [2.75, 3.05) is 6.61 Å². The van der Waals surface area contributed by atoms with Gasteiger partial charge in [0.05, 0.1) is 6.61 Å². The number of allylic oxidation sites excluding steroid dienone is 2. The third-order valence-corrected chi connectivity index (χ3v) is 2.05. The fourth-order valence-electron chi connectivity index (χ4n) is 1.00. The average Bonchev–Trinajstić information content (AvgIpc) is 2.01. The Kier molecular flexibility index (Phi) is 5.18. The summed E-state index contributed by atoms with van der Waals surface area (Å²) >= 11 is 0. The van der Waals surface area contributed by atoms with Crippen LogP contribution in [0.1, 0.15) is 33.6 Å². The molecule has 2 N–H and O–H groups in total. The van der Waals surface area contributed by atoms with Crippen LogP contribution in [0.15, 0.2) is 11.6 Å². The number of alkyl halides is 1. The molecule has 2 atom stereocenters. The molecular formula is C10H19FO2. The minimum atomic E-state index is -1.69. The van der Waals surface area contributed by atoms with Crippen molar-refractivity contribution in [2.45, 2.75) is 45.4 Å². The highest BCUT2D eigenvalue weighted by molar-refractivity contribution is 4.95. The highest BCUT2D eigenvalue weighted by atomic mass is 19.1. The minimum Gasteiger partial charge on any atom is -0.394 e. The zero-order chi connectivity index (χ0) is 10.5. The number of aliphatic hydroxyl groups is 2. The number of rotatable bonds is 5. The van der Waals surface area contributed by atoms with E-state index in [1.807, 2.05) is 19.9 Å². The van der Waals surface area contributed by atoms with Crippen molar-refractivity contribution in [3.63, 3.8) is 0 Å². The Balaban J connectivity index is 3.96. The normalized spacial score (nSPS) is 17.7. The van der Waals surface area contributed by atoms with Crippen molar-refractivity contribution in [2.24, 2.45) is 0 Å². The van der Waals surface area contributed by atoms with Gasteiger partial charge in [0.1, 0.15) is 11.8 Å². The Morgan fingerprint density at radius 1 is 1.54 bits per heavy atom. The first-order chi connectivity index (χ1) is 5.90. The van der Waals surface area contributed by atoms with Crippen LogP contribution in [-0.4, -0.2) is 28.6 Å². The van der Waals surface area contributed by atoms with E-state index in [2.05, 4.69) is 0 Å². The van der Waals surface area contributed by atoms with Crippen molar-refractivity contribution in [1.29, 1.82) is 0 Å². The second kappa shape index (κ2) is 5.35. The summed E-state index contributed by atoms with van der Waals surface area (Å²) < 4.78 is 13.5. The summed E-state index contributed by atoms with van der Waals surface area (Å²) in [4.78, 5) is 0. The third kappa shape index (κ3) is 5.01. The molecule has 13 heavy (non-hydrogen) atoms. The summed E-state index contributed by atoms with van der Waals surface area (Å²) in [5, 5.41) is 17.7. The monoisotopic (exact) mass is 190 g/mol. The summed E-state index contributed by atoms with van der Waals surface area (Å²) in [5.41, 5.74) is -0.560. The van der Waals surface area contributed by atoms with Crippen molar-refractivity contribution < 1.29 is 14.6 Å². The van der Waals surface area contributed by atoms with Gasteiger partial charge in [-0.3, -0.25) is 0 Å². The zero-order valence-corrected chi connectivity index (χ0v) is 8.55. The van der Waals surface area contributed by atoms with E-state index in [0.29, 0.717) is 6.42 Å². The Hall–Kier alpha value is -0.410. The third-order valence-electron chi connectivity index (χ3n) is 2.05. The first-order valence-electron chi connectivity index (χ1n) is 4.51. The molecule has 0 heterocycles. The van der Waals surface area contributed by atoms with Crippen LogP contribution in [0.5, 0.6) is 0 Å². The molecule has 0 aliphatic heterocycles. The number of hydrogen-bond donors (Lipinski definition) is 2. The molecule has 3 heteroatoms. The predicted octanol–water partition coefficient (Wildman–Crippen LogP) is 1.81. The summed E-state index contributed by atoms with van der Waals surface area (Å²) in [7, 11) is 0. The van der Waals surface area contributed by atoms with Gasteiger partial charge in [-0.05, 0) is 33.6 Å². The molecule has 0 radical (unpaired) electrons. The van der Waals surface area contributed by atoms with Gasteiger partial charge >= 0.3 is 0 Å². The van der Waals surface area contributed by atoms with Crippen LogP contribution in [0.4, 0.5) is 4.39 Å². The fraction of sp³-hybridized carbons (Fsp3) is 0.800. The molecule has 0 aromatic rings. The van der Waals surface area contributed by atoms with Gasteiger partial charge in [0, 0.05) is 0 Å².